The molecule has 0 bridgehead atoms. The lowest BCUT2D eigenvalue weighted by Gasteiger charge is -2.17. The third-order valence-corrected chi connectivity index (χ3v) is 2.07. The molecule has 0 saturated carbocycles. The van der Waals surface area contributed by atoms with E-state index < -0.39 is 36.0 Å². The number of hydrogen-bond acceptors (Lipinski definition) is 3. The third-order valence-electron chi connectivity index (χ3n) is 2.07. The van der Waals surface area contributed by atoms with Crippen molar-refractivity contribution in [2.24, 2.45) is 5.73 Å². The van der Waals surface area contributed by atoms with E-state index in [1.807, 2.05) is 0 Å². The van der Waals surface area contributed by atoms with Gasteiger partial charge in [-0.05, 0) is 0 Å². The number of pyridine rings is 1. The number of halogens is 5. The molecular formula is C9H9F5N2O. The molecule has 0 radical (unpaired) electrons. The molecule has 3 nitrogen and oxygen atoms in total. The van der Waals surface area contributed by atoms with Gasteiger partial charge in [0.15, 0.2) is 0 Å². The van der Waals surface area contributed by atoms with E-state index in [1.165, 1.54) is 0 Å². The van der Waals surface area contributed by atoms with E-state index in [9.17, 15) is 22.0 Å². The Labute approximate surface area is 93.4 Å². The van der Waals surface area contributed by atoms with Gasteiger partial charge in [0.05, 0.1) is 18.4 Å². The van der Waals surface area contributed by atoms with E-state index in [0.29, 0.717) is 6.20 Å². The van der Waals surface area contributed by atoms with Crippen LogP contribution in [0.3, 0.4) is 0 Å². The highest BCUT2D eigenvalue weighted by molar-refractivity contribution is 5.45. The molecule has 1 aromatic rings. The molecule has 1 aromatic heterocycles. The van der Waals surface area contributed by atoms with Crippen molar-refractivity contribution in [3.63, 3.8) is 0 Å². The van der Waals surface area contributed by atoms with Gasteiger partial charge in [0, 0.05) is 12.7 Å². The molecule has 0 fully saturated rings. The van der Waals surface area contributed by atoms with Gasteiger partial charge in [0.2, 0.25) is 0 Å². The summed E-state index contributed by atoms with van der Waals surface area (Å²) < 4.78 is 67.3. The highest BCUT2D eigenvalue weighted by Gasteiger charge is 2.38. The maximum absolute atomic E-state index is 12.7. The maximum Gasteiger partial charge on any atom is 0.421 e. The highest BCUT2D eigenvalue weighted by Crippen LogP contribution is 2.41. The first-order valence-corrected chi connectivity index (χ1v) is 4.44. The molecule has 0 unspecified atom stereocenters. The van der Waals surface area contributed by atoms with Gasteiger partial charge < -0.3 is 10.5 Å². The summed E-state index contributed by atoms with van der Waals surface area (Å²) in [6.07, 6.45) is -7.51. The zero-order valence-electron chi connectivity index (χ0n) is 8.68. The van der Waals surface area contributed by atoms with Gasteiger partial charge in [0.25, 0.3) is 6.43 Å². The Bertz CT molecular complexity index is 405. The van der Waals surface area contributed by atoms with Crippen LogP contribution >= 0.6 is 0 Å². The largest absolute Gasteiger partial charge is 0.495 e. The summed E-state index contributed by atoms with van der Waals surface area (Å²) in [5.41, 5.74) is 2.57. The van der Waals surface area contributed by atoms with Crippen molar-refractivity contribution in [2.75, 3.05) is 7.11 Å². The second-order valence-corrected chi connectivity index (χ2v) is 3.07. The predicted molar refractivity (Wildman–Crippen MR) is 48.6 cm³/mol. The van der Waals surface area contributed by atoms with E-state index in [4.69, 9.17) is 5.73 Å². The number of aromatic nitrogens is 1. The van der Waals surface area contributed by atoms with Crippen LogP contribution in [0, 0.1) is 0 Å². The average Bonchev–Trinajstić information content (AvgIpc) is 2.25. The summed E-state index contributed by atoms with van der Waals surface area (Å²) in [6.45, 7) is -0.395. The molecule has 2 N–H and O–H groups in total. The Balaban J connectivity index is 3.52. The predicted octanol–water partition coefficient (Wildman–Crippen LogP) is 2.51. The minimum Gasteiger partial charge on any atom is -0.495 e. The van der Waals surface area contributed by atoms with E-state index in [-0.39, 0.29) is 5.69 Å². The van der Waals surface area contributed by atoms with Crippen LogP contribution in [0.5, 0.6) is 5.75 Å². The van der Waals surface area contributed by atoms with Crippen LogP contribution < -0.4 is 10.5 Å². The Kier molecular flexibility index (Phi) is 3.87. The van der Waals surface area contributed by atoms with Crippen LogP contribution in [-0.4, -0.2) is 12.1 Å². The summed E-state index contributed by atoms with van der Waals surface area (Å²) in [6, 6.07) is 0. The molecule has 0 aliphatic heterocycles. The molecule has 0 amide bonds. The fourth-order valence-electron chi connectivity index (χ4n) is 1.36. The molecule has 1 rings (SSSR count). The molecule has 1 heterocycles. The lowest BCUT2D eigenvalue weighted by atomic mass is 10.1. The second kappa shape index (κ2) is 4.82. The van der Waals surface area contributed by atoms with Crippen LogP contribution in [0.15, 0.2) is 6.20 Å². The van der Waals surface area contributed by atoms with Crippen molar-refractivity contribution in [3.8, 4) is 5.75 Å². The van der Waals surface area contributed by atoms with E-state index in [0.717, 1.165) is 7.11 Å². The monoisotopic (exact) mass is 256 g/mol. The summed E-state index contributed by atoms with van der Waals surface area (Å²) in [4.78, 5) is 3.29. The molecule has 0 aliphatic rings. The van der Waals surface area contributed by atoms with Crippen LogP contribution in [0.1, 0.15) is 23.2 Å². The SMILES string of the molecule is COc1c(C(F)(F)F)cnc(CN)c1C(F)F. The normalized spacial score (nSPS) is 12.0. The van der Waals surface area contributed by atoms with Crippen LogP contribution in [0.25, 0.3) is 0 Å². The number of nitrogens with two attached hydrogens (primary N) is 1. The van der Waals surface area contributed by atoms with Gasteiger partial charge in [-0.3, -0.25) is 4.98 Å². The number of alkyl halides is 5. The second-order valence-electron chi connectivity index (χ2n) is 3.07. The quantitative estimate of drug-likeness (QED) is 0.845. The number of hydrogen-bond donors (Lipinski definition) is 1. The molecule has 0 atom stereocenters. The van der Waals surface area contributed by atoms with Crippen molar-refractivity contribution in [1.29, 1.82) is 0 Å². The van der Waals surface area contributed by atoms with Crippen LogP contribution in [-0.2, 0) is 12.7 Å². The van der Waals surface area contributed by atoms with E-state index in [2.05, 4.69) is 9.72 Å². The minimum absolute atomic E-state index is 0.315. The first-order chi connectivity index (χ1) is 7.82. The number of methoxy groups -OCH3 is 1. The average molecular weight is 256 g/mol. The summed E-state index contributed by atoms with van der Waals surface area (Å²) in [7, 11) is 0.886. The Morgan fingerprint density at radius 1 is 1.41 bits per heavy atom. The smallest absolute Gasteiger partial charge is 0.421 e. The Morgan fingerprint density at radius 3 is 2.35 bits per heavy atom. The zero-order chi connectivity index (χ0) is 13.2. The fraction of sp³-hybridized carbons (Fsp3) is 0.444. The summed E-state index contributed by atoms with van der Waals surface area (Å²) in [5, 5.41) is 0. The lowest BCUT2D eigenvalue weighted by Crippen LogP contribution is -2.14. The van der Waals surface area contributed by atoms with Gasteiger partial charge in [0.1, 0.15) is 11.3 Å². The topological polar surface area (TPSA) is 48.1 Å². The van der Waals surface area contributed by atoms with E-state index >= 15 is 0 Å². The van der Waals surface area contributed by atoms with Crippen LogP contribution in [0.2, 0.25) is 0 Å². The van der Waals surface area contributed by atoms with Gasteiger partial charge >= 0.3 is 6.18 Å². The number of rotatable bonds is 3. The highest BCUT2D eigenvalue weighted by atomic mass is 19.4. The zero-order valence-corrected chi connectivity index (χ0v) is 8.68. The summed E-state index contributed by atoms with van der Waals surface area (Å²) in [5.74, 6) is -0.928. The van der Waals surface area contributed by atoms with Gasteiger partial charge in [-0.15, -0.1) is 0 Å². The van der Waals surface area contributed by atoms with Crippen molar-refractivity contribution in [3.05, 3.63) is 23.0 Å². The van der Waals surface area contributed by atoms with Crippen molar-refractivity contribution in [1.82, 2.24) is 4.98 Å². The molecule has 0 aliphatic carbocycles. The van der Waals surface area contributed by atoms with Crippen LogP contribution in [0.4, 0.5) is 22.0 Å². The first kappa shape index (κ1) is 13.6. The Morgan fingerprint density at radius 2 is 2.00 bits per heavy atom. The molecule has 0 aromatic carbocycles. The lowest BCUT2D eigenvalue weighted by molar-refractivity contribution is -0.139. The molecule has 17 heavy (non-hydrogen) atoms. The van der Waals surface area contributed by atoms with Gasteiger partial charge in [-0.25, -0.2) is 8.78 Å². The number of ether oxygens (including phenoxy) is 1. The number of nitrogens with zero attached hydrogens (tertiary/aromatic N) is 1. The first-order valence-electron chi connectivity index (χ1n) is 4.44. The van der Waals surface area contributed by atoms with Gasteiger partial charge in [-0.1, -0.05) is 0 Å². The molecule has 0 saturated heterocycles. The minimum atomic E-state index is -4.81. The molecule has 8 heteroatoms. The summed E-state index contributed by atoms with van der Waals surface area (Å²) >= 11 is 0. The fourth-order valence-corrected chi connectivity index (χ4v) is 1.36. The van der Waals surface area contributed by atoms with Crippen molar-refractivity contribution in [2.45, 2.75) is 19.1 Å². The molecular weight excluding hydrogens is 247 g/mol. The molecule has 96 valence electrons. The standard InChI is InChI=1S/C9H9F5N2O/c1-17-7-4(9(12,13)14)3-16-5(2-15)6(7)8(10)11/h3,8H,2,15H2,1H3. The Hall–Kier alpha value is -1.44. The maximum atomic E-state index is 12.7. The van der Waals surface area contributed by atoms with Crippen molar-refractivity contribution >= 4 is 0 Å². The molecule has 0 spiro atoms. The van der Waals surface area contributed by atoms with Crippen molar-refractivity contribution < 1.29 is 26.7 Å². The third kappa shape index (κ3) is 2.63. The van der Waals surface area contributed by atoms with E-state index in [1.54, 1.807) is 0 Å². The van der Waals surface area contributed by atoms with Gasteiger partial charge in [-0.2, -0.15) is 13.2 Å².